The van der Waals surface area contributed by atoms with Gasteiger partial charge in [0.25, 0.3) is 0 Å². The number of carbonyl (C=O) groups is 1. The average Bonchev–Trinajstić information content (AvgIpc) is 2.66. The molecule has 1 atom stereocenters. The van der Waals surface area contributed by atoms with Crippen LogP contribution in [0.1, 0.15) is 38.9 Å². The third-order valence-electron chi connectivity index (χ3n) is 2.14. The van der Waals surface area contributed by atoms with Gasteiger partial charge in [-0.15, -0.1) is 10.2 Å². The molecule has 1 unspecified atom stereocenters. The summed E-state index contributed by atoms with van der Waals surface area (Å²) in [7, 11) is 0. The van der Waals surface area contributed by atoms with Crippen molar-refractivity contribution >= 4 is 5.97 Å². The van der Waals surface area contributed by atoms with Gasteiger partial charge in [-0.05, 0) is 20.3 Å². The summed E-state index contributed by atoms with van der Waals surface area (Å²) in [5, 5.41) is 7.76. The minimum absolute atomic E-state index is 0.247. The van der Waals surface area contributed by atoms with E-state index in [9.17, 15) is 4.79 Å². The van der Waals surface area contributed by atoms with Crippen LogP contribution >= 0.6 is 0 Å². The van der Waals surface area contributed by atoms with Crippen molar-refractivity contribution in [3.05, 3.63) is 12.2 Å². The monoisotopic (exact) mass is 211 g/mol. The lowest BCUT2D eigenvalue weighted by atomic mass is 10.1. The number of hydrogen-bond donors (Lipinski definition) is 0. The zero-order chi connectivity index (χ0) is 11.3. The van der Waals surface area contributed by atoms with E-state index in [0.717, 1.165) is 13.0 Å². The SMILES string of the molecule is CCCn1cnnc1C(C)C(=O)OCC. The van der Waals surface area contributed by atoms with Gasteiger partial charge in [0, 0.05) is 6.54 Å². The molecule has 0 aliphatic carbocycles. The van der Waals surface area contributed by atoms with Gasteiger partial charge in [-0.3, -0.25) is 4.79 Å². The van der Waals surface area contributed by atoms with E-state index >= 15 is 0 Å². The molecule has 0 radical (unpaired) electrons. The Kier molecular flexibility index (Phi) is 4.27. The number of ether oxygens (including phenoxy) is 1. The van der Waals surface area contributed by atoms with Crippen molar-refractivity contribution in [1.29, 1.82) is 0 Å². The summed E-state index contributed by atoms with van der Waals surface area (Å²) in [6.07, 6.45) is 2.63. The maximum Gasteiger partial charge on any atom is 0.316 e. The van der Waals surface area contributed by atoms with Crippen molar-refractivity contribution in [2.75, 3.05) is 6.61 Å². The molecule has 0 saturated heterocycles. The Morgan fingerprint density at radius 2 is 2.33 bits per heavy atom. The smallest absolute Gasteiger partial charge is 0.316 e. The Balaban J connectivity index is 2.76. The normalized spacial score (nSPS) is 12.5. The molecule has 0 saturated carbocycles. The predicted molar refractivity (Wildman–Crippen MR) is 55.4 cm³/mol. The van der Waals surface area contributed by atoms with Crippen LogP contribution in [0.25, 0.3) is 0 Å². The first-order valence-corrected chi connectivity index (χ1v) is 5.25. The van der Waals surface area contributed by atoms with Crippen LogP contribution in [0, 0.1) is 0 Å². The first-order valence-electron chi connectivity index (χ1n) is 5.25. The van der Waals surface area contributed by atoms with Crippen LogP contribution in [-0.4, -0.2) is 27.3 Å². The zero-order valence-corrected chi connectivity index (χ0v) is 9.43. The summed E-state index contributed by atoms with van der Waals surface area (Å²) in [6.45, 7) is 6.87. The number of aromatic nitrogens is 3. The quantitative estimate of drug-likeness (QED) is 0.690. The topological polar surface area (TPSA) is 57.0 Å². The first-order chi connectivity index (χ1) is 7.20. The maximum absolute atomic E-state index is 11.5. The molecule has 0 spiro atoms. The Labute approximate surface area is 89.5 Å². The molecule has 0 aliphatic rings. The van der Waals surface area contributed by atoms with Crippen LogP contribution in [0.3, 0.4) is 0 Å². The van der Waals surface area contributed by atoms with Crippen molar-refractivity contribution < 1.29 is 9.53 Å². The van der Waals surface area contributed by atoms with Crippen molar-refractivity contribution in [3.63, 3.8) is 0 Å². The average molecular weight is 211 g/mol. The van der Waals surface area contributed by atoms with Gasteiger partial charge in [-0.1, -0.05) is 6.92 Å². The van der Waals surface area contributed by atoms with Gasteiger partial charge in [0.2, 0.25) is 0 Å². The van der Waals surface area contributed by atoms with E-state index in [1.54, 1.807) is 20.2 Å². The standard InChI is InChI=1S/C10H17N3O2/c1-4-6-13-7-11-12-9(13)8(3)10(14)15-5-2/h7-8H,4-6H2,1-3H3. The fourth-order valence-corrected chi connectivity index (χ4v) is 1.39. The molecule has 84 valence electrons. The molecule has 0 aromatic carbocycles. The molecule has 1 heterocycles. The molecule has 0 fully saturated rings. The van der Waals surface area contributed by atoms with Gasteiger partial charge in [-0.25, -0.2) is 0 Å². The van der Waals surface area contributed by atoms with Crippen LogP contribution in [0.4, 0.5) is 0 Å². The van der Waals surface area contributed by atoms with Crippen LogP contribution in [0.15, 0.2) is 6.33 Å². The van der Waals surface area contributed by atoms with Crippen molar-refractivity contribution in [2.24, 2.45) is 0 Å². The van der Waals surface area contributed by atoms with E-state index in [1.807, 2.05) is 4.57 Å². The fraction of sp³-hybridized carbons (Fsp3) is 0.700. The lowest BCUT2D eigenvalue weighted by Gasteiger charge is -2.11. The lowest BCUT2D eigenvalue weighted by molar-refractivity contribution is -0.144. The predicted octanol–water partition coefficient (Wildman–Crippen LogP) is 1.35. The van der Waals surface area contributed by atoms with Gasteiger partial charge in [0.15, 0.2) is 0 Å². The summed E-state index contributed by atoms with van der Waals surface area (Å²) in [5.74, 6) is 0.0807. The third-order valence-corrected chi connectivity index (χ3v) is 2.14. The lowest BCUT2D eigenvalue weighted by Crippen LogP contribution is -2.17. The molecule has 1 aromatic rings. The second-order valence-corrected chi connectivity index (χ2v) is 3.36. The molecular formula is C10H17N3O2. The Morgan fingerprint density at radius 3 is 2.93 bits per heavy atom. The van der Waals surface area contributed by atoms with Gasteiger partial charge >= 0.3 is 5.97 Å². The minimum atomic E-state index is -0.348. The van der Waals surface area contributed by atoms with E-state index < -0.39 is 0 Å². The second kappa shape index (κ2) is 5.48. The van der Waals surface area contributed by atoms with E-state index in [4.69, 9.17) is 4.74 Å². The summed E-state index contributed by atoms with van der Waals surface area (Å²) in [5.41, 5.74) is 0. The second-order valence-electron chi connectivity index (χ2n) is 3.36. The molecule has 0 amide bonds. The number of carbonyl (C=O) groups excluding carboxylic acids is 1. The molecule has 1 rings (SSSR count). The van der Waals surface area contributed by atoms with Gasteiger partial charge in [0.1, 0.15) is 18.1 Å². The molecule has 0 aliphatic heterocycles. The zero-order valence-electron chi connectivity index (χ0n) is 9.43. The number of rotatable bonds is 5. The number of nitrogens with zero attached hydrogens (tertiary/aromatic N) is 3. The molecule has 5 heteroatoms. The Hall–Kier alpha value is -1.39. The highest BCUT2D eigenvalue weighted by molar-refractivity contribution is 5.76. The minimum Gasteiger partial charge on any atom is -0.465 e. The van der Waals surface area contributed by atoms with Crippen molar-refractivity contribution in [1.82, 2.24) is 14.8 Å². The Morgan fingerprint density at radius 1 is 1.60 bits per heavy atom. The van der Waals surface area contributed by atoms with Gasteiger partial charge < -0.3 is 9.30 Å². The van der Waals surface area contributed by atoms with Gasteiger partial charge in [-0.2, -0.15) is 0 Å². The van der Waals surface area contributed by atoms with Crippen LogP contribution in [0.2, 0.25) is 0 Å². The van der Waals surface area contributed by atoms with Crippen molar-refractivity contribution in [2.45, 2.75) is 39.7 Å². The van der Waals surface area contributed by atoms with E-state index in [-0.39, 0.29) is 11.9 Å². The molecule has 1 aromatic heterocycles. The molecule has 0 bridgehead atoms. The summed E-state index contributed by atoms with van der Waals surface area (Å²) >= 11 is 0. The van der Waals surface area contributed by atoms with E-state index in [2.05, 4.69) is 17.1 Å². The molecule has 5 nitrogen and oxygen atoms in total. The first kappa shape index (κ1) is 11.7. The van der Waals surface area contributed by atoms with E-state index in [1.165, 1.54) is 0 Å². The molecular weight excluding hydrogens is 194 g/mol. The van der Waals surface area contributed by atoms with Crippen LogP contribution in [0.5, 0.6) is 0 Å². The fourth-order valence-electron chi connectivity index (χ4n) is 1.39. The number of aryl methyl sites for hydroxylation is 1. The highest BCUT2D eigenvalue weighted by atomic mass is 16.5. The van der Waals surface area contributed by atoms with Crippen molar-refractivity contribution in [3.8, 4) is 0 Å². The largest absolute Gasteiger partial charge is 0.465 e. The molecule has 0 N–H and O–H groups in total. The number of esters is 1. The van der Waals surface area contributed by atoms with Gasteiger partial charge in [0.05, 0.1) is 6.61 Å². The number of hydrogen-bond acceptors (Lipinski definition) is 4. The molecule has 15 heavy (non-hydrogen) atoms. The Bertz CT molecular complexity index is 322. The highest BCUT2D eigenvalue weighted by Crippen LogP contribution is 2.14. The maximum atomic E-state index is 11.5. The van der Waals surface area contributed by atoms with Crippen LogP contribution in [-0.2, 0) is 16.1 Å². The third kappa shape index (κ3) is 2.78. The van der Waals surface area contributed by atoms with Crippen LogP contribution < -0.4 is 0 Å². The summed E-state index contributed by atoms with van der Waals surface area (Å²) in [4.78, 5) is 11.5. The van der Waals surface area contributed by atoms with E-state index in [0.29, 0.717) is 12.4 Å². The summed E-state index contributed by atoms with van der Waals surface area (Å²) in [6, 6.07) is 0. The highest BCUT2D eigenvalue weighted by Gasteiger charge is 2.21. The summed E-state index contributed by atoms with van der Waals surface area (Å²) < 4.78 is 6.83.